The Hall–Kier alpha value is -2.24. The molecule has 0 radical (unpaired) electrons. The number of carbonyl (C=O) groups is 2. The van der Waals surface area contributed by atoms with Crippen LogP contribution in [0.2, 0.25) is 0 Å². The van der Waals surface area contributed by atoms with Crippen molar-refractivity contribution in [3.05, 3.63) is 17.7 Å². The van der Waals surface area contributed by atoms with Crippen molar-refractivity contribution in [3.63, 3.8) is 0 Å². The minimum Gasteiger partial charge on any atom is -0.493 e. The van der Waals surface area contributed by atoms with Gasteiger partial charge in [0, 0.05) is 6.54 Å². The van der Waals surface area contributed by atoms with E-state index in [1.54, 1.807) is 17.0 Å². The van der Waals surface area contributed by atoms with E-state index in [2.05, 4.69) is 0 Å². The Kier molecular flexibility index (Phi) is 5.84. The fraction of sp³-hybridized carbons (Fsp3) is 0.529. The van der Waals surface area contributed by atoms with E-state index >= 15 is 0 Å². The number of piperidine rings is 1. The lowest BCUT2D eigenvalue weighted by atomic mass is 10.0. The van der Waals surface area contributed by atoms with Crippen molar-refractivity contribution in [1.82, 2.24) is 4.90 Å². The van der Waals surface area contributed by atoms with Crippen LogP contribution < -0.4 is 14.2 Å². The van der Waals surface area contributed by atoms with Crippen molar-refractivity contribution < 1.29 is 23.8 Å². The second-order valence-electron chi connectivity index (χ2n) is 5.50. The highest BCUT2D eigenvalue weighted by Gasteiger charge is 2.26. The average Bonchev–Trinajstić information content (AvgIpc) is 2.60. The average molecular weight is 321 g/mol. The fourth-order valence-corrected chi connectivity index (χ4v) is 2.92. The van der Waals surface area contributed by atoms with E-state index in [-0.39, 0.29) is 18.4 Å². The van der Waals surface area contributed by atoms with E-state index in [4.69, 9.17) is 14.2 Å². The number of rotatable bonds is 6. The molecule has 1 aliphatic heterocycles. The molecule has 1 atom stereocenters. The first-order chi connectivity index (χ1) is 11.1. The van der Waals surface area contributed by atoms with Gasteiger partial charge in [0.15, 0.2) is 11.5 Å². The van der Waals surface area contributed by atoms with E-state index < -0.39 is 0 Å². The molecule has 1 aromatic carbocycles. The maximum atomic E-state index is 12.5. The molecule has 1 heterocycles. The molecule has 126 valence electrons. The van der Waals surface area contributed by atoms with Gasteiger partial charge in [0.25, 0.3) is 0 Å². The molecule has 0 saturated carbocycles. The lowest BCUT2D eigenvalue weighted by Gasteiger charge is -2.32. The van der Waals surface area contributed by atoms with Crippen LogP contribution in [0, 0.1) is 0 Å². The summed E-state index contributed by atoms with van der Waals surface area (Å²) in [5.41, 5.74) is 0.764. The first-order valence-corrected chi connectivity index (χ1v) is 7.68. The summed E-state index contributed by atoms with van der Waals surface area (Å²) >= 11 is 0. The monoisotopic (exact) mass is 321 g/mol. The van der Waals surface area contributed by atoms with Crippen molar-refractivity contribution >= 4 is 12.2 Å². The van der Waals surface area contributed by atoms with Gasteiger partial charge in [0.1, 0.15) is 6.29 Å². The smallest absolute Gasteiger partial charge is 0.227 e. The van der Waals surface area contributed by atoms with Crippen molar-refractivity contribution in [2.24, 2.45) is 0 Å². The van der Waals surface area contributed by atoms with Gasteiger partial charge in [-0.2, -0.15) is 0 Å². The number of methoxy groups -OCH3 is 3. The van der Waals surface area contributed by atoms with Gasteiger partial charge in [-0.25, -0.2) is 0 Å². The van der Waals surface area contributed by atoms with Crippen molar-refractivity contribution in [2.45, 2.75) is 31.7 Å². The molecule has 0 aromatic heterocycles. The highest BCUT2D eigenvalue weighted by atomic mass is 16.5. The Morgan fingerprint density at radius 3 is 2.35 bits per heavy atom. The second kappa shape index (κ2) is 7.85. The van der Waals surface area contributed by atoms with Crippen LogP contribution in [0.4, 0.5) is 0 Å². The lowest BCUT2D eigenvalue weighted by molar-refractivity contribution is -0.137. The Labute approximate surface area is 136 Å². The second-order valence-corrected chi connectivity index (χ2v) is 5.50. The molecule has 1 unspecified atom stereocenters. The summed E-state index contributed by atoms with van der Waals surface area (Å²) in [4.78, 5) is 25.4. The van der Waals surface area contributed by atoms with Gasteiger partial charge in [-0.3, -0.25) is 4.79 Å². The lowest BCUT2D eigenvalue weighted by Crippen LogP contribution is -2.45. The SMILES string of the molecule is COc1cc(CC(=O)N2CCCCC2C=O)cc(OC)c1OC. The quantitative estimate of drug-likeness (QED) is 0.748. The van der Waals surface area contributed by atoms with E-state index in [1.165, 1.54) is 21.3 Å². The van der Waals surface area contributed by atoms with E-state index in [0.717, 1.165) is 31.1 Å². The summed E-state index contributed by atoms with van der Waals surface area (Å²) in [6.07, 6.45) is 3.72. The number of hydrogen-bond acceptors (Lipinski definition) is 5. The maximum absolute atomic E-state index is 12.5. The Morgan fingerprint density at radius 1 is 1.17 bits per heavy atom. The summed E-state index contributed by atoms with van der Waals surface area (Å²) in [5, 5.41) is 0. The van der Waals surface area contributed by atoms with Crippen molar-refractivity contribution in [1.29, 1.82) is 0 Å². The molecular formula is C17H23NO5. The third-order valence-corrected chi connectivity index (χ3v) is 4.11. The van der Waals surface area contributed by atoms with Crippen LogP contribution in [0.25, 0.3) is 0 Å². The van der Waals surface area contributed by atoms with Gasteiger partial charge in [-0.15, -0.1) is 0 Å². The normalized spacial score (nSPS) is 17.5. The van der Waals surface area contributed by atoms with E-state index in [1.807, 2.05) is 0 Å². The third kappa shape index (κ3) is 3.75. The van der Waals surface area contributed by atoms with Crippen molar-refractivity contribution in [3.8, 4) is 17.2 Å². The van der Waals surface area contributed by atoms with Gasteiger partial charge in [0.05, 0.1) is 33.8 Å². The zero-order valence-corrected chi connectivity index (χ0v) is 13.8. The zero-order valence-electron chi connectivity index (χ0n) is 13.8. The van der Waals surface area contributed by atoms with Gasteiger partial charge in [-0.05, 0) is 37.0 Å². The standard InChI is InChI=1S/C17H23NO5/c1-21-14-8-12(9-15(22-2)17(14)23-3)10-16(20)18-7-5-4-6-13(18)11-19/h8-9,11,13H,4-7,10H2,1-3H3. The largest absolute Gasteiger partial charge is 0.493 e. The number of nitrogens with zero attached hydrogens (tertiary/aromatic N) is 1. The predicted octanol–water partition coefficient (Wildman–Crippen LogP) is 1.83. The highest BCUT2D eigenvalue weighted by molar-refractivity contribution is 5.82. The summed E-state index contributed by atoms with van der Waals surface area (Å²) in [6, 6.07) is 3.22. The molecule has 23 heavy (non-hydrogen) atoms. The van der Waals surface area contributed by atoms with Crippen molar-refractivity contribution in [2.75, 3.05) is 27.9 Å². The molecule has 2 rings (SSSR count). The minimum atomic E-state index is -0.307. The third-order valence-electron chi connectivity index (χ3n) is 4.11. The van der Waals surface area contributed by atoms with Gasteiger partial charge in [-0.1, -0.05) is 0 Å². The molecule has 1 aliphatic rings. The number of amides is 1. The molecule has 0 N–H and O–H groups in total. The van der Waals surface area contributed by atoms with E-state index in [0.29, 0.717) is 23.8 Å². The number of hydrogen-bond donors (Lipinski definition) is 0. The summed E-state index contributed by atoms with van der Waals surface area (Å²) in [5.74, 6) is 1.46. The first kappa shape index (κ1) is 17.1. The Morgan fingerprint density at radius 2 is 1.83 bits per heavy atom. The molecule has 6 nitrogen and oxygen atoms in total. The van der Waals surface area contributed by atoms with Gasteiger partial charge in [0.2, 0.25) is 11.7 Å². The molecule has 1 aromatic rings. The number of carbonyl (C=O) groups excluding carboxylic acids is 2. The van der Waals surface area contributed by atoms with Crippen LogP contribution in [0.3, 0.4) is 0 Å². The summed E-state index contributed by atoms with van der Waals surface area (Å²) in [6.45, 7) is 0.632. The molecule has 0 bridgehead atoms. The Bertz CT molecular complexity index is 547. The van der Waals surface area contributed by atoms with Crippen LogP contribution >= 0.6 is 0 Å². The van der Waals surface area contributed by atoms with Crippen LogP contribution in [0.1, 0.15) is 24.8 Å². The summed E-state index contributed by atoms with van der Waals surface area (Å²) in [7, 11) is 4.61. The Balaban J connectivity index is 2.21. The van der Waals surface area contributed by atoms with E-state index in [9.17, 15) is 9.59 Å². The van der Waals surface area contributed by atoms with Crippen LogP contribution in [-0.2, 0) is 16.0 Å². The number of benzene rings is 1. The van der Waals surface area contributed by atoms with Crippen LogP contribution in [0.5, 0.6) is 17.2 Å². The summed E-state index contributed by atoms with van der Waals surface area (Å²) < 4.78 is 15.9. The molecular weight excluding hydrogens is 298 g/mol. The molecule has 1 fully saturated rings. The molecule has 0 spiro atoms. The highest BCUT2D eigenvalue weighted by Crippen LogP contribution is 2.38. The number of likely N-dealkylation sites (tertiary alicyclic amines) is 1. The molecule has 0 aliphatic carbocycles. The van der Waals surface area contributed by atoms with Gasteiger partial charge >= 0.3 is 0 Å². The van der Waals surface area contributed by atoms with Crippen LogP contribution in [0.15, 0.2) is 12.1 Å². The zero-order chi connectivity index (χ0) is 16.8. The fourth-order valence-electron chi connectivity index (χ4n) is 2.92. The topological polar surface area (TPSA) is 65.1 Å². The first-order valence-electron chi connectivity index (χ1n) is 7.68. The number of aldehydes is 1. The molecule has 1 amide bonds. The maximum Gasteiger partial charge on any atom is 0.227 e. The molecule has 1 saturated heterocycles. The number of ether oxygens (including phenoxy) is 3. The minimum absolute atomic E-state index is 0.0592. The molecule has 6 heteroatoms. The van der Waals surface area contributed by atoms with Crippen LogP contribution in [-0.4, -0.2) is 51.0 Å². The predicted molar refractivity (Wildman–Crippen MR) is 85.2 cm³/mol. The van der Waals surface area contributed by atoms with Gasteiger partial charge < -0.3 is 23.9 Å².